The van der Waals surface area contributed by atoms with Gasteiger partial charge in [0.1, 0.15) is 0 Å². The van der Waals surface area contributed by atoms with Crippen LogP contribution in [0.3, 0.4) is 0 Å². The molecule has 1 atom stereocenters. The molecule has 0 aliphatic carbocycles. The van der Waals surface area contributed by atoms with Gasteiger partial charge in [0.2, 0.25) is 0 Å². The van der Waals surface area contributed by atoms with Crippen molar-refractivity contribution in [2.75, 3.05) is 6.54 Å². The number of aliphatic hydroxyl groups is 1. The lowest BCUT2D eigenvalue weighted by Gasteiger charge is -2.13. The van der Waals surface area contributed by atoms with Crippen molar-refractivity contribution in [3.05, 3.63) is 69.1 Å². The Labute approximate surface area is 134 Å². The second-order valence-corrected chi connectivity index (χ2v) is 5.43. The highest BCUT2D eigenvalue weighted by Gasteiger charge is 2.10. The highest BCUT2D eigenvalue weighted by atomic mass is 16.3. The number of nitrogens with one attached hydrogen (secondary N) is 3. The van der Waals surface area contributed by atoms with Crippen molar-refractivity contribution in [3.8, 4) is 0 Å². The molecule has 0 spiro atoms. The minimum Gasteiger partial charge on any atom is -0.387 e. The van der Waals surface area contributed by atoms with Crippen molar-refractivity contribution in [1.82, 2.24) is 15.6 Å². The number of amides is 2. The molecule has 0 radical (unpaired) electrons. The number of aromatic amines is 1. The molecular formula is C17H21N3O3. The molecule has 6 heteroatoms. The third-order valence-electron chi connectivity index (χ3n) is 3.56. The Morgan fingerprint density at radius 1 is 1.22 bits per heavy atom. The average molecular weight is 315 g/mol. The van der Waals surface area contributed by atoms with Gasteiger partial charge in [0.05, 0.1) is 12.6 Å². The zero-order valence-corrected chi connectivity index (χ0v) is 13.2. The van der Waals surface area contributed by atoms with Crippen LogP contribution in [0.25, 0.3) is 0 Å². The molecule has 2 aromatic rings. The van der Waals surface area contributed by atoms with Gasteiger partial charge < -0.3 is 20.7 Å². The van der Waals surface area contributed by atoms with Crippen molar-refractivity contribution in [3.63, 3.8) is 0 Å². The molecule has 0 unspecified atom stereocenters. The van der Waals surface area contributed by atoms with Gasteiger partial charge in [-0.15, -0.1) is 0 Å². The van der Waals surface area contributed by atoms with Crippen molar-refractivity contribution in [2.45, 2.75) is 26.5 Å². The summed E-state index contributed by atoms with van der Waals surface area (Å²) in [5.74, 6) is 0. The Kier molecular flexibility index (Phi) is 5.54. The number of aromatic nitrogens is 1. The van der Waals surface area contributed by atoms with Crippen molar-refractivity contribution >= 4 is 6.03 Å². The minimum atomic E-state index is -0.772. The fourth-order valence-corrected chi connectivity index (χ4v) is 2.31. The number of carbonyl (C=O) groups is 1. The van der Waals surface area contributed by atoms with E-state index in [-0.39, 0.29) is 18.6 Å². The first-order valence-electron chi connectivity index (χ1n) is 7.41. The zero-order valence-electron chi connectivity index (χ0n) is 13.2. The Balaban J connectivity index is 1.85. The van der Waals surface area contributed by atoms with Gasteiger partial charge >= 0.3 is 6.03 Å². The van der Waals surface area contributed by atoms with Crippen LogP contribution in [0.15, 0.2) is 41.2 Å². The fourth-order valence-electron chi connectivity index (χ4n) is 2.31. The maximum Gasteiger partial charge on any atom is 0.315 e. The molecule has 0 saturated carbocycles. The van der Waals surface area contributed by atoms with E-state index in [4.69, 9.17) is 0 Å². The summed E-state index contributed by atoms with van der Waals surface area (Å²) in [6.45, 7) is 3.87. The van der Waals surface area contributed by atoms with Crippen LogP contribution < -0.4 is 16.2 Å². The first-order valence-corrected chi connectivity index (χ1v) is 7.41. The first kappa shape index (κ1) is 16.8. The Hall–Kier alpha value is -2.60. The Morgan fingerprint density at radius 2 is 1.91 bits per heavy atom. The maximum atomic E-state index is 11.9. The van der Waals surface area contributed by atoms with E-state index in [1.165, 1.54) is 0 Å². The first-order chi connectivity index (χ1) is 11.0. The van der Waals surface area contributed by atoms with Crippen LogP contribution in [-0.4, -0.2) is 22.7 Å². The lowest BCUT2D eigenvalue weighted by Crippen LogP contribution is -2.38. The van der Waals surface area contributed by atoms with Gasteiger partial charge in [0.25, 0.3) is 5.56 Å². The summed E-state index contributed by atoms with van der Waals surface area (Å²) in [4.78, 5) is 26.4. The maximum absolute atomic E-state index is 11.9. The van der Waals surface area contributed by atoms with Crippen LogP contribution in [0.2, 0.25) is 0 Å². The van der Waals surface area contributed by atoms with E-state index in [9.17, 15) is 14.7 Å². The van der Waals surface area contributed by atoms with E-state index >= 15 is 0 Å². The van der Waals surface area contributed by atoms with Gasteiger partial charge in [-0.3, -0.25) is 4.79 Å². The van der Waals surface area contributed by atoms with Crippen LogP contribution in [0.4, 0.5) is 4.79 Å². The smallest absolute Gasteiger partial charge is 0.315 e. The number of rotatable bonds is 5. The molecule has 23 heavy (non-hydrogen) atoms. The fraction of sp³-hybridized carbons (Fsp3) is 0.294. The molecule has 0 saturated heterocycles. The van der Waals surface area contributed by atoms with Gasteiger partial charge in [0.15, 0.2) is 0 Å². The van der Waals surface area contributed by atoms with Gasteiger partial charge in [-0.2, -0.15) is 0 Å². The molecule has 0 fully saturated rings. The number of hydrogen-bond acceptors (Lipinski definition) is 3. The molecule has 122 valence electrons. The summed E-state index contributed by atoms with van der Waals surface area (Å²) >= 11 is 0. The molecule has 0 bridgehead atoms. The lowest BCUT2D eigenvalue weighted by atomic mass is 10.1. The SMILES string of the molecule is Cc1cc(C)c(CNC(=O)NC[C@H](O)c2ccccc2)c(=O)[nH]1. The second-order valence-electron chi connectivity index (χ2n) is 5.43. The molecule has 1 aromatic heterocycles. The summed E-state index contributed by atoms with van der Waals surface area (Å²) in [6, 6.07) is 10.5. The third-order valence-corrected chi connectivity index (χ3v) is 3.56. The summed E-state index contributed by atoms with van der Waals surface area (Å²) < 4.78 is 0. The largest absolute Gasteiger partial charge is 0.387 e. The number of aliphatic hydroxyl groups excluding tert-OH is 1. The summed E-state index contributed by atoms with van der Waals surface area (Å²) in [5.41, 5.74) is 2.67. The molecule has 1 aromatic carbocycles. The number of pyridine rings is 1. The van der Waals surface area contributed by atoms with Gasteiger partial charge in [-0.25, -0.2) is 4.79 Å². The molecule has 4 N–H and O–H groups in total. The summed E-state index contributed by atoms with van der Waals surface area (Å²) in [6.07, 6.45) is -0.772. The predicted octanol–water partition coefficient (Wildman–Crippen LogP) is 1.52. The highest BCUT2D eigenvalue weighted by Crippen LogP contribution is 2.10. The second kappa shape index (κ2) is 7.60. The quantitative estimate of drug-likeness (QED) is 0.674. The lowest BCUT2D eigenvalue weighted by molar-refractivity contribution is 0.173. The minimum absolute atomic E-state index is 0.0963. The van der Waals surface area contributed by atoms with E-state index in [1.54, 1.807) is 12.1 Å². The molecular weight excluding hydrogens is 294 g/mol. The summed E-state index contributed by atoms with van der Waals surface area (Å²) in [7, 11) is 0. The number of hydrogen-bond donors (Lipinski definition) is 4. The third kappa shape index (κ3) is 4.69. The van der Waals surface area contributed by atoms with Crippen molar-refractivity contribution in [1.29, 1.82) is 0 Å². The van der Waals surface area contributed by atoms with Crippen LogP contribution >= 0.6 is 0 Å². The van der Waals surface area contributed by atoms with Crippen LogP contribution in [0.1, 0.15) is 28.5 Å². The van der Waals surface area contributed by atoms with Gasteiger partial charge in [-0.1, -0.05) is 30.3 Å². The molecule has 6 nitrogen and oxygen atoms in total. The van der Waals surface area contributed by atoms with Gasteiger partial charge in [0, 0.05) is 17.8 Å². The topological polar surface area (TPSA) is 94.2 Å². The number of urea groups is 1. The Morgan fingerprint density at radius 3 is 2.57 bits per heavy atom. The molecule has 1 heterocycles. The standard InChI is InChI=1S/C17H21N3O3/c1-11-8-12(2)20-16(22)14(11)9-18-17(23)19-10-15(21)13-6-4-3-5-7-13/h3-8,15,21H,9-10H2,1-2H3,(H,20,22)(H2,18,19,23)/t15-/m0/s1. The highest BCUT2D eigenvalue weighted by molar-refractivity contribution is 5.73. The molecule has 2 rings (SSSR count). The number of carbonyl (C=O) groups excluding carboxylic acids is 1. The zero-order chi connectivity index (χ0) is 16.8. The normalized spacial score (nSPS) is 11.8. The molecule has 0 aliphatic rings. The van der Waals surface area contributed by atoms with Crippen molar-refractivity contribution in [2.24, 2.45) is 0 Å². The summed E-state index contributed by atoms with van der Waals surface area (Å²) in [5, 5.41) is 15.2. The average Bonchev–Trinajstić information content (AvgIpc) is 2.52. The number of H-pyrrole nitrogens is 1. The van der Waals surface area contributed by atoms with E-state index in [1.807, 2.05) is 38.1 Å². The van der Waals surface area contributed by atoms with E-state index in [0.717, 1.165) is 16.8 Å². The van der Waals surface area contributed by atoms with Crippen LogP contribution in [0, 0.1) is 13.8 Å². The van der Waals surface area contributed by atoms with Gasteiger partial charge in [-0.05, 0) is 31.0 Å². The Bertz CT molecular complexity index is 726. The van der Waals surface area contributed by atoms with Crippen LogP contribution in [0.5, 0.6) is 0 Å². The predicted molar refractivity (Wildman–Crippen MR) is 88.2 cm³/mol. The van der Waals surface area contributed by atoms with E-state index in [0.29, 0.717) is 5.56 Å². The monoisotopic (exact) mass is 315 g/mol. The van der Waals surface area contributed by atoms with Crippen LogP contribution in [-0.2, 0) is 6.54 Å². The number of benzene rings is 1. The molecule has 2 amide bonds. The van der Waals surface area contributed by atoms with E-state index in [2.05, 4.69) is 15.6 Å². The molecule has 0 aliphatic heterocycles. The number of aryl methyl sites for hydroxylation is 2. The van der Waals surface area contributed by atoms with Crippen molar-refractivity contribution < 1.29 is 9.90 Å². The van der Waals surface area contributed by atoms with E-state index < -0.39 is 12.1 Å².